The Bertz CT molecular complexity index is 577. The van der Waals surface area contributed by atoms with Crippen molar-refractivity contribution in [1.29, 1.82) is 0 Å². The summed E-state index contributed by atoms with van der Waals surface area (Å²) in [6.07, 6.45) is 2.69. The van der Waals surface area contributed by atoms with Crippen molar-refractivity contribution in [3.05, 3.63) is 35.9 Å². The van der Waals surface area contributed by atoms with Crippen LogP contribution in [-0.2, 0) is 4.79 Å². The maximum atomic E-state index is 13.1. The summed E-state index contributed by atoms with van der Waals surface area (Å²) in [7, 11) is 1.83. The molecule has 0 radical (unpaired) electrons. The molecule has 1 aromatic carbocycles. The molecule has 1 aliphatic rings. The molecule has 2 amide bonds. The van der Waals surface area contributed by atoms with Crippen LogP contribution in [0.25, 0.3) is 0 Å². The Labute approximate surface area is 145 Å². The molecule has 1 saturated heterocycles. The standard InChI is InChI=1S/C20H30N2O2/c1-6-7-11-16-14-22(18(24)15-12-9-8-10-13-15)19(20(2,3)4)21(5)17(16)23/h8-10,12-13,16,19H,6-7,11,14H2,1-5H3/t16-,19+/m1/s1. The van der Waals surface area contributed by atoms with Crippen molar-refractivity contribution in [3.8, 4) is 0 Å². The number of benzene rings is 1. The van der Waals surface area contributed by atoms with E-state index in [9.17, 15) is 9.59 Å². The lowest BCUT2D eigenvalue weighted by atomic mass is 9.85. The maximum Gasteiger partial charge on any atom is 0.255 e. The van der Waals surface area contributed by atoms with Gasteiger partial charge in [0.2, 0.25) is 5.91 Å². The fourth-order valence-electron chi connectivity index (χ4n) is 3.69. The molecule has 2 atom stereocenters. The van der Waals surface area contributed by atoms with Gasteiger partial charge in [-0.1, -0.05) is 58.7 Å². The third kappa shape index (κ3) is 3.80. The molecule has 0 aliphatic carbocycles. The van der Waals surface area contributed by atoms with Gasteiger partial charge in [-0.05, 0) is 18.6 Å². The smallest absolute Gasteiger partial charge is 0.255 e. The molecule has 0 unspecified atom stereocenters. The highest BCUT2D eigenvalue weighted by Gasteiger charge is 2.45. The molecule has 4 heteroatoms. The van der Waals surface area contributed by atoms with Crippen LogP contribution in [0.2, 0.25) is 0 Å². The summed E-state index contributed by atoms with van der Waals surface area (Å²) < 4.78 is 0. The summed E-state index contributed by atoms with van der Waals surface area (Å²) in [6, 6.07) is 9.37. The quantitative estimate of drug-likeness (QED) is 0.843. The van der Waals surface area contributed by atoms with Gasteiger partial charge in [0.1, 0.15) is 6.17 Å². The second-order valence-corrected chi connectivity index (χ2v) is 7.85. The summed E-state index contributed by atoms with van der Waals surface area (Å²) in [5.74, 6) is 0.0815. The summed E-state index contributed by atoms with van der Waals surface area (Å²) in [4.78, 5) is 29.6. The molecule has 1 heterocycles. The summed E-state index contributed by atoms with van der Waals surface area (Å²) in [5, 5.41) is 0. The van der Waals surface area contributed by atoms with E-state index in [2.05, 4.69) is 27.7 Å². The van der Waals surface area contributed by atoms with E-state index in [-0.39, 0.29) is 29.3 Å². The van der Waals surface area contributed by atoms with Crippen molar-refractivity contribution < 1.29 is 9.59 Å². The van der Waals surface area contributed by atoms with E-state index < -0.39 is 0 Å². The van der Waals surface area contributed by atoms with Crippen molar-refractivity contribution in [2.24, 2.45) is 11.3 Å². The average molecular weight is 330 g/mol. The van der Waals surface area contributed by atoms with Crippen molar-refractivity contribution >= 4 is 11.8 Å². The van der Waals surface area contributed by atoms with E-state index in [0.29, 0.717) is 12.1 Å². The van der Waals surface area contributed by atoms with E-state index in [0.717, 1.165) is 19.3 Å². The summed E-state index contributed by atoms with van der Waals surface area (Å²) in [5.41, 5.74) is 0.480. The Morgan fingerprint density at radius 2 is 1.83 bits per heavy atom. The zero-order valence-electron chi connectivity index (χ0n) is 15.6. The summed E-state index contributed by atoms with van der Waals surface area (Å²) in [6.45, 7) is 8.89. The number of rotatable bonds is 4. The van der Waals surface area contributed by atoms with Gasteiger partial charge in [-0.2, -0.15) is 0 Å². The minimum atomic E-state index is -0.226. The van der Waals surface area contributed by atoms with Gasteiger partial charge >= 0.3 is 0 Å². The number of unbranched alkanes of at least 4 members (excludes halogenated alkanes) is 1. The van der Waals surface area contributed by atoms with Crippen LogP contribution >= 0.6 is 0 Å². The van der Waals surface area contributed by atoms with Crippen molar-refractivity contribution in [2.45, 2.75) is 53.1 Å². The summed E-state index contributed by atoms with van der Waals surface area (Å²) >= 11 is 0. The second kappa shape index (κ2) is 7.37. The van der Waals surface area contributed by atoms with Gasteiger partial charge in [0, 0.05) is 24.6 Å². The average Bonchev–Trinajstić information content (AvgIpc) is 2.54. The first-order valence-corrected chi connectivity index (χ1v) is 8.90. The number of carbonyl (C=O) groups is 2. The fourth-order valence-corrected chi connectivity index (χ4v) is 3.69. The SMILES string of the molecule is CCCC[C@@H]1CN(C(=O)c2ccccc2)[C@@H](C(C)(C)C)N(C)C1=O. The molecule has 1 fully saturated rings. The van der Waals surface area contributed by atoms with Crippen molar-refractivity contribution in [2.75, 3.05) is 13.6 Å². The van der Waals surface area contributed by atoms with Gasteiger partial charge in [-0.3, -0.25) is 9.59 Å². The lowest BCUT2D eigenvalue weighted by molar-refractivity contribution is -0.152. The fraction of sp³-hybridized carbons (Fsp3) is 0.600. The molecule has 24 heavy (non-hydrogen) atoms. The third-order valence-electron chi connectivity index (χ3n) is 4.74. The predicted molar refractivity (Wildman–Crippen MR) is 96.5 cm³/mol. The molecule has 132 valence electrons. The molecule has 1 aliphatic heterocycles. The van der Waals surface area contributed by atoms with Gasteiger partial charge in [-0.15, -0.1) is 0 Å². The molecule has 0 aromatic heterocycles. The van der Waals surface area contributed by atoms with Crippen LogP contribution in [0.4, 0.5) is 0 Å². The number of nitrogens with zero attached hydrogens (tertiary/aromatic N) is 2. The maximum absolute atomic E-state index is 13.1. The monoisotopic (exact) mass is 330 g/mol. The molecule has 0 N–H and O–H groups in total. The van der Waals surface area contributed by atoms with Crippen LogP contribution in [0.1, 0.15) is 57.3 Å². The van der Waals surface area contributed by atoms with Crippen LogP contribution in [0.15, 0.2) is 30.3 Å². The molecule has 0 bridgehead atoms. The lowest BCUT2D eigenvalue weighted by Gasteiger charge is -2.50. The van der Waals surface area contributed by atoms with Gasteiger partial charge in [0.25, 0.3) is 5.91 Å². The molecular formula is C20H30N2O2. The third-order valence-corrected chi connectivity index (χ3v) is 4.74. The highest BCUT2D eigenvalue weighted by Crippen LogP contribution is 2.34. The number of carbonyl (C=O) groups excluding carboxylic acids is 2. The molecule has 2 rings (SSSR count). The van der Waals surface area contributed by atoms with E-state index in [4.69, 9.17) is 0 Å². The zero-order chi connectivity index (χ0) is 17.9. The Morgan fingerprint density at radius 3 is 2.38 bits per heavy atom. The van der Waals surface area contributed by atoms with Gasteiger partial charge < -0.3 is 9.80 Å². The van der Waals surface area contributed by atoms with Gasteiger partial charge in [-0.25, -0.2) is 0 Å². The molecule has 0 spiro atoms. The van der Waals surface area contributed by atoms with Crippen LogP contribution in [-0.4, -0.2) is 41.4 Å². The number of hydrogen-bond donors (Lipinski definition) is 0. The van der Waals surface area contributed by atoms with Gasteiger partial charge in [0.15, 0.2) is 0 Å². The van der Waals surface area contributed by atoms with Gasteiger partial charge in [0.05, 0.1) is 5.92 Å². The minimum absolute atomic E-state index is 0.0105. The highest BCUT2D eigenvalue weighted by molar-refractivity contribution is 5.95. The van der Waals surface area contributed by atoms with E-state index in [1.807, 2.05) is 42.3 Å². The van der Waals surface area contributed by atoms with Crippen molar-refractivity contribution in [1.82, 2.24) is 9.80 Å². The Balaban J connectivity index is 2.35. The van der Waals surface area contributed by atoms with Crippen LogP contribution in [0, 0.1) is 11.3 Å². The zero-order valence-corrected chi connectivity index (χ0v) is 15.6. The molecular weight excluding hydrogens is 300 g/mol. The molecule has 4 nitrogen and oxygen atoms in total. The van der Waals surface area contributed by atoms with E-state index >= 15 is 0 Å². The number of amides is 2. The van der Waals surface area contributed by atoms with Crippen LogP contribution in [0.3, 0.4) is 0 Å². The molecule has 1 aromatic rings. The normalized spacial score (nSPS) is 22.0. The Kier molecular flexibility index (Phi) is 5.68. The predicted octanol–water partition coefficient (Wildman–Crippen LogP) is 3.78. The Morgan fingerprint density at radius 1 is 1.21 bits per heavy atom. The Hall–Kier alpha value is -1.84. The molecule has 0 saturated carbocycles. The van der Waals surface area contributed by atoms with Crippen LogP contribution in [0.5, 0.6) is 0 Å². The minimum Gasteiger partial charge on any atom is -0.324 e. The number of hydrogen-bond acceptors (Lipinski definition) is 2. The second-order valence-electron chi connectivity index (χ2n) is 7.85. The topological polar surface area (TPSA) is 40.6 Å². The first kappa shape index (κ1) is 18.5. The van der Waals surface area contributed by atoms with Crippen molar-refractivity contribution in [3.63, 3.8) is 0 Å². The van der Waals surface area contributed by atoms with E-state index in [1.54, 1.807) is 4.90 Å². The highest BCUT2D eigenvalue weighted by atomic mass is 16.2. The lowest BCUT2D eigenvalue weighted by Crippen LogP contribution is -2.64. The van der Waals surface area contributed by atoms with Crippen LogP contribution < -0.4 is 0 Å². The largest absolute Gasteiger partial charge is 0.324 e. The first-order chi connectivity index (χ1) is 11.3. The van der Waals surface area contributed by atoms with E-state index in [1.165, 1.54) is 0 Å². The first-order valence-electron chi connectivity index (χ1n) is 8.90.